The van der Waals surface area contributed by atoms with Gasteiger partial charge in [0.1, 0.15) is 5.76 Å². The van der Waals surface area contributed by atoms with Crippen LogP contribution in [-0.4, -0.2) is 5.16 Å². The van der Waals surface area contributed by atoms with Gasteiger partial charge in [-0.1, -0.05) is 41.9 Å². The number of hydrogen-bond acceptors (Lipinski definition) is 2. The third-order valence-corrected chi connectivity index (χ3v) is 2.61. The largest absolute Gasteiger partial charge is 0.361 e. The van der Waals surface area contributed by atoms with Gasteiger partial charge in [-0.3, -0.25) is 0 Å². The molecule has 0 radical (unpaired) electrons. The van der Waals surface area contributed by atoms with Crippen molar-refractivity contribution in [2.24, 2.45) is 0 Å². The summed E-state index contributed by atoms with van der Waals surface area (Å²) in [5.74, 6) is 0.899. The molecule has 2 aromatic rings. The average molecular weight is 201 g/mol. The van der Waals surface area contributed by atoms with Gasteiger partial charge in [-0.25, -0.2) is 0 Å². The zero-order valence-corrected chi connectivity index (χ0v) is 9.37. The molecule has 0 atom stereocenters. The van der Waals surface area contributed by atoms with E-state index in [0.29, 0.717) is 0 Å². The molecule has 0 amide bonds. The Morgan fingerprint density at radius 3 is 2.40 bits per heavy atom. The summed E-state index contributed by atoms with van der Waals surface area (Å²) in [5.41, 5.74) is 4.65. The fourth-order valence-corrected chi connectivity index (χ4v) is 1.75. The number of benzene rings is 1. The first-order valence-electron chi connectivity index (χ1n) is 5.24. The van der Waals surface area contributed by atoms with E-state index in [4.69, 9.17) is 4.52 Å². The van der Waals surface area contributed by atoms with Gasteiger partial charge in [0.05, 0.1) is 5.69 Å². The van der Waals surface area contributed by atoms with Crippen LogP contribution in [0.25, 0.3) is 11.1 Å². The van der Waals surface area contributed by atoms with E-state index in [1.165, 1.54) is 11.1 Å². The molecule has 0 bridgehead atoms. The van der Waals surface area contributed by atoms with Crippen LogP contribution in [0, 0.1) is 13.8 Å². The highest BCUT2D eigenvalue weighted by Gasteiger charge is 2.12. The van der Waals surface area contributed by atoms with Gasteiger partial charge in [0.25, 0.3) is 0 Å². The standard InChI is InChI=1S/C13H15NO/c1-4-12-13(10(3)15-14-12)11-7-5-9(2)6-8-11/h5-8H,4H2,1-3H3. The van der Waals surface area contributed by atoms with Crippen molar-refractivity contribution in [3.8, 4) is 11.1 Å². The third-order valence-electron chi connectivity index (χ3n) is 2.61. The van der Waals surface area contributed by atoms with Gasteiger partial charge in [0.2, 0.25) is 0 Å². The molecule has 0 fully saturated rings. The zero-order valence-electron chi connectivity index (χ0n) is 9.37. The van der Waals surface area contributed by atoms with Crippen molar-refractivity contribution in [3.63, 3.8) is 0 Å². The molecule has 0 saturated heterocycles. The zero-order chi connectivity index (χ0) is 10.8. The van der Waals surface area contributed by atoms with Gasteiger partial charge < -0.3 is 4.52 Å². The van der Waals surface area contributed by atoms with Crippen LogP contribution in [0.3, 0.4) is 0 Å². The molecular weight excluding hydrogens is 186 g/mol. The maximum atomic E-state index is 5.22. The maximum Gasteiger partial charge on any atom is 0.141 e. The molecule has 0 unspecified atom stereocenters. The first-order chi connectivity index (χ1) is 7.22. The lowest BCUT2D eigenvalue weighted by atomic mass is 10.0. The highest BCUT2D eigenvalue weighted by Crippen LogP contribution is 2.27. The minimum Gasteiger partial charge on any atom is -0.361 e. The number of hydrogen-bond donors (Lipinski definition) is 0. The Morgan fingerprint density at radius 1 is 1.13 bits per heavy atom. The van der Waals surface area contributed by atoms with Gasteiger partial charge in [0.15, 0.2) is 0 Å². The van der Waals surface area contributed by atoms with Gasteiger partial charge in [-0.2, -0.15) is 0 Å². The average Bonchev–Trinajstić information content (AvgIpc) is 2.61. The Balaban J connectivity index is 2.52. The number of rotatable bonds is 2. The Hall–Kier alpha value is -1.57. The Morgan fingerprint density at radius 2 is 1.80 bits per heavy atom. The van der Waals surface area contributed by atoms with E-state index in [1.807, 2.05) is 6.92 Å². The van der Waals surface area contributed by atoms with Crippen molar-refractivity contribution >= 4 is 0 Å². The highest BCUT2D eigenvalue weighted by molar-refractivity contribution is 5.67. The van der Waals surface area contributed by atoms with E-state index in [0.717, 1.165) is 23.4 Å². The van der Waals surface area contributed by atoms with E-state index in [-0.39, 0.29) is 0 Å². The van der Waals surface area contributed by atoms with Gasteiger partial charge in [0, 0.05) is 5.56 Å². The van der Waals surface area contributed by atoms with Crippen LogP contribution in [0.15, 0.2) is 28.8 Å². The molecule has 2 rings (SSSR count). The number of aromatic nitrogens is 1. The van der Waals surface area contributed by atoms with Crippen LogP contribution in [0.2, 0.25) is 0 Å². The summed E-state index contributed by atoms with van der Waals surface area (Å²) < 4.78 is 5.22. The molecule has 1 heterocycles. The van der Waals surface area contributed by atoms with Gasteiger partial charge >= 0.3 is 0 Å². The topological polar surface area (TPSA) is 26.0 Å². The normalized spacial score (nSPS) is 10.6. The van der Waals surface area contributed by atoms with E-state index in [1.54, 1.807) is 0 Å². The molecule has 0 saturated carbocycles. The molecule has 0 spiro atoms. The predicted octanol–water partition coefficient (Wildman–Crippen LogP) is 3.52. The van der Waals surface area contributed by atoms with Crippen LogP contribution < -0.4 is 0 Å². The molecule has 78 valence electrons. The van der Waals surface area contributed by atoms with Crippen LogP contribution >= 0.6 is 0 Å². The molecule has 0 N–H and O–H groups in total. The second-order valence-electron chi connectivity index (χ2n) is 3.78. The monoisotopic (exact) mass is 201 g/mol. The van der Waals surface area contributed by atoms with Crippen molar-refractivity contribution in [3.05, 3.63) is 41.3 Å². The first-order valence-corrected chi connectivity index (χ1v) is 5.24. The van der Waals surface area contributed by atoms with Crippen LogP contribution in [0.1, 0.15) is 23.9 Å². The lowest BCUT2D eigenvalue weighted by molar-refractivity contribution is 0.391. The summed E-state index contributed by atoms with van der Waals surface area (Å²) >= 11 is 0. The lowest BCUT2D eigenvalue weighted by Crippen LogP contribution is -1.86. The summed E-state index contributed by atoms with van der Waals surface area (Å²) in [6, 6.07) is 8.46. The van der Waals surface area contributed by atoms with Crippen molar-refractivity contribution < 1.29 is 4.52 Å². The summed E-state index contributed by atoms with van der Waals surface area (Å²) in [6.07, 6.45) is 0.903. The number of aryl methyl sites for hydroxylation is 3. The predicted molar refractivity (Wildman–Crippen MR) is 60.8 cm³/mol. The molecule has 15 heavy (non-hydrogen) atoms. The lowest BCUT2D eigenvalue weighted by Gasteiger charge is -2.01. The van der Waals surface area contributed by atoms with Gasteiger partial charge in [-0.05, 0) is 25.8 Å². The Labute approximate surface area is 89.9 Å². The van der Waals surface area contributed by atoms with E-state index >= 15 is 0 Å². The summed E-state index contributed by atoms with van der Waals surface area (Å²) in [6.45, 7) is 6.14. The second-order valence-corrected chi connectivity index (χ2v) is 3.78. The summed E-state index contributed by atoms with van der Waals surface area (Å²) in [7, 11) is 0. The SMILES string of the molecule is CCc1noc(C)c1-c1ccc(C)cc1. The number of nitrogens with zero attached hydrogens (tertiary/aromatic N) is 1. The second kappa shape index (κ2) is 3.89. The molecule has 1 aromatic carbocycles. The van der Waals surface area contributed by atoms with E-state index < -0.39 is 0 Å². The molecular formula is C13H15NO. The summed E-state index contributed by atoms with van der Waals surface area (Å²) in [4.78, 5) is 0. The minimum absolute atomic E-state index is 0.899. The Kier molecular flexibility index (Phi) is 2.58. The van der Waals surface area contributed by atoms with Crippen LogP contribution in [0.5, 0.6) is 0 Å². The van der Waals surface area contributed by atoms with Crippen molar-refractivity contribution in [1.82, 2.24) is 5.16 Å². The van der Waals surface area contributed by atoms with Crippen molar-refractivity contribution in [2.45, 2.75) is 27.2 Å². The van der Waals surface area contributed by atoms with Crippen LogP contribution in [-0.2, 0) is 6.42 Å². The quantitative estimate of drug-likeness (QED) is 0.743. The molecule has 1 aromatic heterocycles. The van der Waals surface area contributed by atoms with E-state index in [2.05, 4.69) is 43.3 Å². The maximum absolute atomic E-state index is 5.22. The smallest absolute Gasteiger partial charge is 0.141 e. The third kappa shape index (κ3) is 1.80. The van der Waals surface area contributed by atoms with Crippen LogP contribution in [0.4, 0.5) is 0 Å². The highest BCUT2D eigenvalue weighted by atomic mass is 16.5. The fraction of sp³-hybridized carbons (Fsp3) is 0.308. The first kappa shape index (κ1) is 9.97. The summed E-state index contributed by atoms with van der Waals surface area (Å²) in [5, 5.41) is 4.06. The fourth-order valence-electron chi connectivity index (χ4n) is 1.75. The van der Waals surface area contributed by atoms with Crippen molar-refractivity contribution in [2.75, 3.05) is 0 Å². The molecule has 2 heteroatoms. The van der Waals surface area contributed by atoms with Crippen molar-refractivity contribution in [1.29, 1.82) is 0 Å². The van der Waals surface area contributed by atoms with Gasteiger partial charge in [-0.15, -0.1) is 0 Å². The molecule has 0 aliphatic carbocycles. The van der Waals surface area contributed by atoms with E-state index in [9.17, 15) is 0 Å². The molecule has 2 nitrogen and oxygen atoms in total. The Bertz CT molecular complexity index is 454. The molecule has 0 aliphatic heterocycles. The minimum atomic E-state index is 0.899. The molecule has 0 aliphatic rings.